The van der Waals surface area contributed by atoms with Gasteiger partial charge in [-0.3, -0.25) is 10.2 Å². The first-order chi connectivity index (χ1) is 10.3. The second-order valence-electron chi connectivity index (χ2n) is 7.48. The van der Waals surface area contributed by atoms with Crippen molar-refractivity contribution in [2.45, 2.75) is 101 Å². The van der Waals surface area contributed by atoms with Crippen molar-refractivity contribution in [3.05, 3.63) is 0 Å². The van der Waals surface area contributed by atoms with Crippen molar-refractivity contribution in [1.82, 2.24) is 10.2 Å². The minimum Gasteiger partial charge on any atom is -0.298 e. The highest BCUT2D eigenvalue weighted by atomic mass is 15.2. The fraction of sp³-hybridized carbons (Fsp3) is 0.944. The number of nitriles is 1. The summed E-state index contributed by atoms with van der Waals surface area (Å²) in [6.45, 7) is 3.46. The molecule has 3 fully saturated rings. The molecule has 0 aromatic heterocycles. The van der Waals surface area contributed by atoms with E-state index in [9.17, 15) is 5.26 Å². The van der Waals surface area contributed by atoms with Gasteiger partial charge in [-0.1, -0.05) is 26.2 Å². The number of hydrogen-bond donors (Lipinski definition) is 1. The van der Waals surface area contributed by atoms with Crippen molar-refractivity contribution >= 4 is 0 Å². The van der Waals surface area contributed by atoms with E-state index in [4.69, 9.17) is 0 Å². The highest BCUT2D eigenvalue weighted by Gasteiger charge is 2.42. The topological polar surface area (TPSA) is 39.1 Å². The highest BCUT2D eigenvalue weighted by molar-refractivity contribution is 5.13. The van der Waals surface area contributed by atoms with Gasteiger partial charge in [0, 0.05) is 18.1 Å². The first kappa shape index (κ1) is 15.3. The Bertz CT molecular complexity index is 378. The lowest BCUT2D eigenvalue weighted by Gasteiger charge is -2.45. The fourth-order valence-corrected chi connectivity index (χ4v) is 4.64. The van der Waals surface area contributed by atoms with E-state index < -0.39 is 0 Å². The summed E-state index contributed by atoms with van der Waals surface area (Å²) in [7, 11) is 0. The smallest absolute Gasteiger partial charge is 0.108 e. The number of hydrogen-bond acceptors (Lipinski definition) is 3. The summed E-state index contributed by atoms with van der Waals surface area (Å²) in [6.07, 6.45) is 14.1. The molecule has 3 aliphatic rings. The molecule has 0 heterocycles. The van der Waals surface area contributed by atoms with Crippen LogP contribution in [0.15, 0.2) is 0 Å². The number of rotatable bonds is 5. The average Bonchev–Trinajstić information content (AvgIpc) is 3.33. The number of nitrogens with one attached hydrogen (secondary N) is 1. The largest absolute Gasteiger partial charge is 0.298 e. The molecule has 0 bridgehead atoms. The summed E-state index contributed by atoms with van der Waals surface area (Å²) in [5.74, 6) is 0. The van der Waals surface area contributed by atoms with Crippen molar-refractivity contribution in [3.63, 3.8) is 0 Å². The van der Waals surface area contributed by atoms with Gasteiger partial charge in [-0.25, -0.2) is 0 Å². The van der Waals surface area contributed by atoms with Crippen molar-refractivity contribution in [2.75, 3.05) is 6.54 Å². The van der Waals surface area contributed by atoms with Gasteiger partial charge < -0.3 is 0 Å². The van der Waals surface area contributed by atoms with Crippen molar-refractivity contribution in [2.24, 2.45) is 0 Å². The van der Waals surface area contributed by atoms with Gasteiger partial charge >= 0.3 is 0 Å². The van der Waals surface area contributed by atoms with E-state index in [1.54, 1.807) is 0 Å². The van der Waals surface area contributed by atoms with Crippen LogP contribution in [0, 0.1) is 11.3 Å². The molecule has 0 saturated heterocycles. The molecule has 118 valence electrons. The van der Waals surface area contributed by atoms with Crippen LogP contribution in [0.2, 0.25) is 0 Å². The van der Waals surface area contributed by atoms with Gasteiger partial charge in [0.1, 0.15) is 5.54 Å². The number of nitrogens with zero attached hydrogens (tertiary/aromatic N) is 2. The SMILES string of the molecule is CCN(C1CCCCC1)C1CCCC(C#N)(NC2CC2)C1. The summed E-state index contributed by atoms with van der Waals surface area (Å²) >= 11 is 0. The molecule has 0 radical (unpaired) electrons. The van der Waals surface area contributed by atoms with Gasteiger partial charge in [0.15, 0.2) is 0 Å². The lowest BCUT2D eigenvalue weighted by atomic mass is 9.78. The lowest BCUT2D eigenvalue weighted by molar-refractivity contribution is 0.0658. The van der Waals surface area contributed by atoms with Crippen molar-refractivity contribution in [3.8, 4) is 6.07 Å². The standard InChI is InChI=1S/C18H31N3/c1-2-21(16-7-4-3-5-8-16)17-9-6-12-18(13-17,14-19)20-15-10-11-15/h15-17,20H,2-13H2,1H3. The third-order valence-corrected chi connectivity index (χ3v) is 5.87. The van der Waals surface area contributed by atoms with E-state index in [0.717, 1.165) is 25.4 Å². The zero-order chi connectivity index (χ0) is 14.7. The minimum atomic E-state index is -0.230. The Morgan fingerprint density at radius 1 is 1.05 bits per heavy atom. The van der Waals surface area contributed by atoms with E-state index in [2.05, 4.69) is 23.2 Å². The van der Waals surface area contributed by atoms with Crippen LogP contribution >= 0.6 is 0 Å². The van der Waals surface area contributed by atoms with Crippen LogP contribution in [-0.2, 0) is 0 Å². The molecule has 0 aromatic carbocycles. The molecular formula is C18H31N3. The van der Waals surface area contributed by atoms with Gasteiger partial charge in [0.25, 0.3) is 0 Å². The van der Waals surface area contributed by atoms with Gasteiger partial charge in [0.05, 0.1) is 6.07 Å². The van der Waals surface area contributed by atoms with Crippen LogP contribution in [0.25, 0.3) is 0 Å². The van der Waals surface area contributed by atoms with Crippen LogP contribution in [-0.4, -0.2) is 35.1 Å². The monoisotopic (exact) mass is 289 g/mol. The molecule has 1 N–H and O–H groups in total. The maximum Gasteiger partial charge on any atom is 0.108 e. The molecule has 21 heavy (non-hydrogen) atoms. The zero-order valence-electron chi connectivity index (χ0n) is 13.6. The van der Waals surface area contributed by atoms with Gasteiger partial charge in [-0.15, -0.1) is 0 Å². The van der Waals surface area contributed by atoms with Crippen LogP contribution in [0.1, 0.15) is 77.6 Å². The molecule has 3 heteroatoms. The summed E-state index contributed by atoms with van der Waals surface area (Å²) in [5, 5.41) is 13.4. The molecule has 3 aliphatic carbocycles. The Balaban J connectivity index is 1.66. The van der Waals surface area contributed by atoms with E-state index in [1.165, 1.54) is 57.8 Å². The van der Waals surface area contributed by atoms with E-state index in [0.29, 0.717) is 12.1 Å². The molecule has 0 aliphatic heterocycles. The third-order valence-electron chi connectivity index (χ3n) is 5.87. The Labute approximate surface area is 130 Å². The summed E-state index contributed by atoms with van der Waals surface area (Å²) in [5.41, 5.74) is -0.230. The van der Waals surface area contributed by atoms with Crippen LogP contribution < -0.4 is 5.32 Å². The average molecular weight is 289 g/mol. The van der Waals surface area contributed by atoms with E-state index in [-0.39, 0.29) is 5.54 Å². The molecule has 2 atom stereocenters. The Kier molecular flexibility index (Phi) is 4.86. The Hall–Kier alpha value is -0.590. The third kappa shape index (κ3) is 3.60. The second-order valence-corrected chi connectivity index (χ2v) is 7.48. The molecule has 0 aromatic rings. The van der Waals surface area contributed by atoms with E-state index in [1.807, 2.05) is 0 Å². The molecule has 3 nitrogen and oxygen atoms in total. The van der Waals surface area contributed by atoms with Gasteiger partial charge in [-0.05, 0) is 57.9 Å². The quantitative estimate of drug-likeness (QED) is 0.840. The van der Waals surface area contributed by atoms with Crippen LogP contribution in [0.4, 0.5) is 0 Å². The van der Waals surface area contributed by atoms with Gasteiger partial charge in [0.2, 0.25) is 0 Å². The fourth-order valence-electron chi connectivity index (χ4n) is 4.64. The maximum absolute atomic E-state index is 9.77. The maximum atomic E-state index is 9.77. The van der Waals surface area contributed by atoms with Crippen LogP contribution in [0.3, 0.4) is 0 Å². The Morgan fingerprint density at radius 2 is 1.76 bits per heavy atom. The summed E-state index contributed by atoms with van der Waals surface area (Å²) in [6, 6.07) is 4.70. The summed E-state index contributed by atoms with van der Waals surface area (Å²) in [4.78, 5) is 2.75. The second kappa shape index (κ2) is 6.67. The normalized spacial score (nSPS) is 34.8. The summed E-state index contributed by atoms with van der Waals surface area (Å²) < 4.78 is 0. The first-order valence-corrected chi connectivity index (χ1v) is 9.21. The molecule has 0 amide bonds. The molecular weight excluding hydrogens is 258 g/mol. The minimum absolute atomic E-state index is 0.230. The van der Waals surface area contributed by atoms with E-state index >= 15 is 0 Å². The van der Waals surface area contributed by atoms with Crippen LogP contribution in [0.5, 0.6) is 0 Å². The zero-order valence-corrected chi connectivity index (χ0v) is 13.6. The molecule has 3 saturated carbocycles. The highest BCUT2D eigenvalue weighted by Crippen LogP contribution is 2.36. The first-order valence-electron chi connectivity index (χ1n) is 9.21. The van der Waals surface area contributed by atoms with Gasteiger partial charge in [-0.2, -0.15) is 5.26 Å². The van der Waals surface area contributed by atoms with Crippen molar-refractivity contribution < 1.29 is 0 Å². The lowest BCUT2D eigenvalue weighted by Crippen LogP contribution is -2.55. The molecule has 0 spiro atoms. The molecule has 2 unspecified atom stereocenters. The van der Waals surface area contributed by atoms with Crippen molar-refractivity contribution in [1.29, 1.82) is 5.26 Å². The predicted molar refractivity (Wildman–Crippen MR) is 86.0 cm³/mol. The Morgan fingerprint density at radius 3 is 2.38 bits per heavy atom. The molecule has 3 rings (SSSR count). The predicted octanol–water partition coefficient (Wildman–Crippen LogP) is 3.60.